The lowest BCUT2D eigenvalue weighted by Gasteiger charge is -2.24. The van der Waals surface area contributed by atoms with Crippen molar-refractivity contribution in [3.05, 3.63) is 35.7 Å². The van der Waals surface area contributed by atoms with Gasteiger partial charge in [0.15, 0.2) is 0 Å². The first kappa shape index (κ1) is 10.8. The van der Waals surface area contributed by atoms with Crippen LogP contribution < -0.4 is 11.1 Å². The fraction of sp³-hybridized carbons (Fsp3) is 0.333. The molecule has 4 nitrogen and oxygen atoms in total. The molecule has 0 saturated heterocycles. The summed E-state index contributed by atoms with van der Waals surface area (Å²) in [4.78, 5) is 3.99. The molecule has 0 spiro atoms. The molecule has 2 aliphatic heterocycles. The standard InChI is InChI=1S/C12H16N4/c1-8-6-15-4-2-9(8)12(14)10-7-16-5-3-11(10)13/h2,4,6,9,14,16H,1,3,5,7,13H2. The van der Waals surface area contributed by atoms with Crippen LogP contribution in [0.2, 0.25) is 0 Å². The first-order valence-corrected chi connectivity index (χ1v) is 5.36. The highest BCUT2D eigenvalue weighted by Gasteiger charge is 2.22. The Labute approximate surface area is 95.1 Å². The summed E-state index contributed by atoms with van der Waals surface area (Å²) in [7, 11) is 0. The monoisotopic (exact) mass is 216 g/mol. The molecule has 0 aromatic heterocycles. The van der Waals surface area contributed by atoms with Gasteiger partial charge in [0, 0.05) is 48.4 Å². The molecule has 1 unspecified atom stereocenters. The fourth-order valence-electron chi connectivity index (χ4n) is 1.92. The molecule has 4 N–H and O–H groups in total. The Balaban J connectivity index is 2.22. The van der Waals surface area contributed by atoms with Crippen molar-refractivity contribution in [2.45, 2.75) is 6.42 Å². The molecular formula is C12H16N4. The lowest BCUT2D eigenvalue weighted by molar-refractivity contribution is 0.682. The van der Waals surface area contributed by atoms with Crippen LogP contribution in [0, 0.1) is 11.3 Å². The maximum absolute atomic E-state index is 8.19. The van der Waals surface area contributed by atoms with E-state index in [4.69, 9.17) is 11.1 Å². The second-order valence-corrected chi connectivity index (χ2v) is 4.02. The van der Waals surface area contributed by atoms with Gasteiger partial charge in [0.2, 0.25) is 0 Å². The van der Waals surface area contributed by atoms with Gasteiger partial charge in [0.25, 0.3) is 0 Å². The van der Waals surface area contributed by atoms with Crippen LogP contribution in [0.3, 0.4) is 0 Å². The van der Waals surface area contributed by atoms with Gasteiger partial charge in [-0.15, -0.1) is 0 Å². The molecule has 0 aliphatic carbocycles. The molecule has 0 bridgehead atoms. The summed E-state index contributed by atoms with van der Waals surface area (Å²) in [6, 6.07) is 0. The van der Waals surface area contributed by atoms with E-state index in [-0.39, 0.29) is 5.92 Å². The van der Waals surface area contributed by atoms with E-state index in [0.717, 1.165) is 29.8 Å². The van der Waals surface area contributed by atoms with Gasteiger partial charge < -0.3 is 16.5 Å². The highest BCUT2D eigenvalue weighted by Crippen LogP contribution is 2.21. The lowest BCUT2D eigenvalue weighted by atomic mass is 9.87. The highest BCUT2D eigenvalue weighted by molar-refractivity contribution is 6.07. The number of hydrogen-bond donors (Lipinski definition) is 3. The maximum Gasteiger partial charge on any atom is 0.0489 e. The molecule has 2 rings (SSSR count). The molecule has 0 saturated carbocycles. The Morgan fingerprint density at radius 3 is 3.12 bits per heavy atom. The van der Waals surface area contributed by atoms with Crippen LogP contribution in [0.1, 0.15) is 6.42 Å². The third kappa shape index (κ3) is 1.97. The van der Waals surface area contributed by atoms with Crippen LogP contribution in [0.15, 0.2) is 40.7 Å². The van der Waals surface area contributed by atoms with Crippen LogP contribution in [0.5, 0.6) is 0 Å². The largest absolute Gasteiger partial charge is 0.402 e. The third-order valence-electron chi connectivity index (χ3n) is 2.90. The average Bonchev–Trinajstić information content (AvgIpc) is 2.29. The Hall–Kier alpha value is -1.68. The number of rotatable bonds is 2. The van der Waals surface area contributed by atoms with E-state index in [1.54, 1.807) is 12.4 Å². The number of aliphatic imine (C=N–C) groups is 1. The zero-order valence-electron chi connectivity index (χ0n) is 9.16. The summed E-state index contributed by atoms with van der Waals surface area (Å²) >= 11 is 0. The SMILES string of the molecule is C=C1C=NC=CC1C(=N)C1=C(N)CCNC1. The van der Waals surface area contributed by atoms with E-state index in [0.29, 0.717) is 12.3 Å². The molecule has 2 aliphatic rings. The van der Waals surface area contributed by atoms with E-state index in [1.165, 1.54) is 0 Å². The fourth-order valence-corrected chi connectivity index (χ4v) is 1.92. The molecule has 2 heterocycles. The summed E-state index contributed by atoms with van der Waals surface area (Å²) in [6.45, 7) is 5.49. The van der Waals surface area contributed by atoms with E-state index >= 15 is 0 Å². The number of nitrogens with two attached hydrogens (primary N) is 1. The molecule has 0 amide bonds. The minimum Gasteiger partial charge on any atom is -0.402 e. The highest BCUT2D eigenvalue weighted by atomic mass is 14.9. The summed E-state index contributed by atoms with van der Waals surface area (Å²) in [5.74, 6) is -0.0778. The second kappa shape index (κ2) is 4.45. The Kier molecular flexibility index (Phi) is 3.01. The third-order valence-corrected chi connectivity index (χ3v) is 2.90. The topological polar surface area (TPSA) is 74.3 Å². The van der Waals surface area contributed by atoms with Crippen molar-refractivity contribution < 1.29 is 0 Å². The molecule has 16 heavy (non-hydrogen) atoms. The molecule has 84 valence electrons. The van der Waals surface area contributed by atoms with Crippen LogP contribution >= 0.6 is 0 Å². The van der Waals surface area contributed by atoms with E-state index in [1.807, 2.05) is 6.08 Å². The quantitative estimate of drug-likeness (QED) is 0.602. The van der Waals surface area contributed by atoms with Crippen molar-refractivity contribution in [3.63, 3.8) is 0 Å². The Bertz CT molecular complexity index is 415. The summed E-state index contributed by atoms with van der Waals surface area (Å²) in [5, 5.41) is 11.4. The van der Waals surface area contributed by atoms with Crippen molar-refractivity contribution in [1.82, 2.24) is 5.32 Å². The predicted octanol–water partition coefficient (Wildman–Crippen LogP) is 0.983. The van der Waals surface area contributed by atoms with Gasteiger partial charge in [-0.1, -0.05) is 12.7 Å². The smallest absolute Gasteiger partial charge is 0.0489 e. The average molecular weight is 216 g/mol. The number of hydrogen-bond acceptors (Lipinski definition) is 4. The van der Waals surface area contributed by atoms with Gasteiger partial charge in [-0.2, -0.15) is 0 Å². The molecule has 4 heteroatoms. The first-order chi connectivity index (χ1) is 7.70. The van der Waals surface area contributed by atoms with Crippen molar-refractivity contribution in [1.29, 1.82) is 5.41 Å². The maximum atomic E-state index is 8.19. The molecular weight excluding hydrogens is 200 g/mol. The molecule has 0 aromatic carbocycles. The minimum absolute atomic E-state index is 0.0778. The zero-order chi connectivity index (χ0) is 11.5. The van der Waals surface area contributed by atoms with Crippen LogP contribution in [0.25, 0.3) is 0 Å². The molecule has 0 fully saturated rings. The first-order valence-electron chi connectivity index (χ1n) is 5.36. The normalized spacial score (nSPS) is 25.0. The van der Waals surface area contributed by atoms with Crippen molar-refractivity contribution >= 4 is 11.9 Å². The van der Waals surface area contributed by atoms with Crippen molar-refractivity contribution in [2.75, 3.05) is 13.1 Å². The summed E-state index contributed by atoms with van der Waals surface area (Å²) in [6.07, 6.45) is 6.11. The van der Waals surface area contributed by atoms with Gasteiger partial charge in [-0.05, 0) is 12.0 Å². The Morgan fingerprint density at radius 2 is 2.44 bits per heavy atom. The van der Waals surface area contributed by atoms with Gasteiger partial charge in [-0.3, -0.25) is 4.99 Å². The number of nitrogens with zero attached hydrogens (tertiary/aromatic N) is 1. The molecule has 1 atom stereocenters. The van der Waals surface area contributed by atoms with Crippen LogP contribution in [-0.4, -0.2) is 25.0 Å². The number of allylic oxidation sites excluding steroid dienone is 2. The van der Waals surface area contributed by atoms with Gasteiger partial charge >= 0.3 is 0 Å². The molecule has 0 radical (unpaired) electrons. The Morgan fingerprint density at radius 1 is 1.62 bits per heavy atom. The van der Waals surface area contributed by atoms with Gasteiger partial charge in [-0.25, -0.2) is 0 Å². The zero-order valence-corrected chi connectivity index (χ0v) is 9.16. The van der Waals surface area contributed by atoms with Crippen molar-refractivity contribution in [2.24, 2.45) is 16.6 Å². The van der Waals surface area contributed by atoms with E-state index < -0.39 is 0 Å². The van der Waals surface area contributed by atoms with Crippen molar-refractivity contribution in [3.8, 4) is 0 Å². The number of nitrogens with one attached hydrogen (secondary N) is 2. The predicted molar refractivity (Wildman–Crippen MR) is 66.7 cm³/mol. The lowest BCUT2D eigenvalue weighted by Crippen LogP contribution is -2.33. The summed E-state index contributed by atoms with van der Waals surface area (Å²) < 4.78 is 0. The van der Waals surface area contributed by atoms with Crippen LogP contribution in [0.4, 0.5) is 0 Å². The van der Waals surface area contributed by atoms with Gasteiger partial charge in [0.1, 0.15) is 0 Å². The summed E-state index contributed by atoms with van der Waals surface area (Å²) in [5.41, 5.74) is 9.07. The second-order valence-electron chi connectivity index (χ2n) is 4.02. The molecule has 0 aromatic rings. The minimum atomic E-state index is -0.0778. The van der Waals surface area contributed by atoms with E-state index in [2.05, 4.69) is 16.9 Å². The van der Waals surface area contributed by atoms with E-state index in [9.17, 15) is 0 Å². The van der Waals surface area contributed by atoms with Gasteiger partial charge in [0.05, 0.1) is 0 Å². The van der Waals surface area contributed by atoms with Crippen LogP contribution in [-0.2, 0) is 0 Å².